The van der Waals surface area contributed by atoms with Crippen molar-refractivity contribution in [2.24, 2.45) is 5.92 Å². The third-order valence-electron chi connectivity index (χ3n) is 3.38. The number of rotatable bonds is 7. The Morgan fingerprint density at radius 2 is 1.83 bits per heavy atom. The van der Waals surface area contributed by atoms with E-state index in [2.05, 4.69) is 0 Å². The summed E-state index contributed by atoms with van der Waals surface area (Å²) in [6.07, 6.45) is -7.35. The number of aliphatic hydroxyl groups excluding tert-OH is 3. The van der Waals surface area contributed by atoms with Gasteiger partial charge in [-0.25, -0.2) is 9.65 Å². The van der Waals surface area contributed by atoms with Gasteiger partial charge in [0.05, 0.1) is 6.10 Å². The van der Waals surface area contributed by atoms with Crippen LogP contribution in [0.25, 0.3) is 0 Å². The molecule has 0 aliphatic carbocycles. The number of aliphatic hydroxyl groups is 3. The summed E-state index contributed by atoms with van der Waals surface area (Å²) in [6.45, 7) is 4.87. The number of carboxylic acids is 1. The number of carboxylic acid groups (broad SMARTS) is 1. The number of ether oxygens (including phenoxy) is 1. The molecule has 6 N–H and O–H groups in total. The molecule has 0 radical (unpaired) electrons. The van der Waals surface area contributed by atoms with Crippen LogP contribution < -0.4 is 5.09 Å². The fraction of sp³-hybridized carbons (Fsp3) is 0.917. The van der Waals surface area contributed by atoms with E-state index in [4.69, 9.17) is 14.4 Å². The summed E-state index contributed by atoms with van der Waals surface area (Å²) in [5.74, 6) is -1.39. The van der Waals surface area contributed by atoms with Crippen molar-refractivity contribution < 1.29 is 43.9 Å². The lowest BCUT2D eigenvalue weighted by atomic mass is 10.0. The molecule has 0 amide bonds. The molecule has 136 valence electrons. The fourth-order valence-corrected chi connectivity index (χ4v) is 3.28. The molecular formula is C12H24NO9P. The third-order valence-corrected chi connectivity index (χ3v) is 4.51. The topological polar surface area (TPSA) is 166 Å². The van der Waals surface area contributed by atoms with E-state index in [1.807, 2.05) is 5.09 Å². The van der Waals surface area contributed by atoms with Crippen molar-refractivity contribution in [3.63, 3.8) is 0 Å². The minimum atomic E-state index is -4.65. The largest absolute Gasteiger partial charge is 0.480 e. The Morgan fingerprint density at radius 3 is 2.30 bits per heavy atom. The highest BCUT2D eigenvalue weighted by Gasteiger charge is 2.45. The van der Waals surface area contributed by atoms with Gasteiger partial charge in [0.1, 0.15) is 24.4 Å². The van der Waals surface area contributed by atoms with Crippen LogP contribution >= 0.6 is 7.75 Å². The van der Waals surface area contributed by atoms with Crippen molar-refractivity contribution in [1.82, 2.24) is 5.09 Å². The third kappa shape index (κ3) is 5.77. The highest BCUT2D eigenvalue weighted by Crippen LogP contribution is 2.42. The zero-order valence-corrected chi connectivity index (χ0v) is 14.0. The minimum Gasteiger partial charge on any atom is -0.480 e. The Bertz CT molecular complexity index is 460. The molecule has 0 bridgehead atoms. The molecule has 1 heterocycles. The number of nitrogens with one attached hydrogen (secondary N) is 1. The molecule has 0 aromatic rings. The molecule has 0 aromatic carbocycles. The number of carbonyl (C=O) groups is 1. The highest BCUT2D eigenvalue weighted by molar-refractivity contribution is 7.50. The van der Waals surface area contributed by atoms with Gasteiger partial charge < -0.3 is 30.1 Å². The molecule has 23 heavy (non-hydrogen) atoms. The van der Waals surface area contributed by atoms with E-state index in [9.17, 15) is 29.6 Å². The van der Waals surface area contributed by atoms with Crippen LogP contribution in [0.2, 0.25) is 0 Å². The smallest absolute Gasteiger partial charge is 0.406 e. The monoisotopic (exact) mass is 357 g/mol. The van der Waals surface area contributed by atoms with E-state index in [-0.39, 0.29) is 12.3 Å². The Morgan fingerprint density at radius 1 is 1.26 bits per heavy atom. The Hall–Kier alpha value is -0.580. The van der Waals surface area contributed by atoms with Gasteiger partial charge in [-0.05, 0) is 19.3 Å². The van der Waals surface area contributed by atoms with Crippen molar-refractivity contribution in [2.45, 2.75) is 63.9 Å². The molecule has 0 spiro atoms. The molecule has 1 aliphatic rings. The summed E-state index contributed by atoms with van der Waals surface area (Å²) in [5, 5.41) is 39.9. The maximum absolute atomic E-state index is 12.0. The summed E-state index contributed by atoms with van der Waals surface area (Å²) < 4.78 is 21.8. The molecule has 10 nitrogen and oxygen atoms in total. The molecule has 0 aromatic heterocycles. The molecule has 1 saturated heterocycles. The van der Waals surface area contributed by atoms with Gasteiger partial charge in [-0.15, -0.1) is 0 Å². The molecule has 0 saturated carbocycles. The number of hydrogen-bond donors (Lipinski definition) is 6. The van der Waals surface area contributed by atoms with Crippen LogP contribution in [0.3, 0.4) is 0 Å². The predicted molar refractivity (Wildman–Crippen MR) is 77.3 cm³/mol. The van der Waals surface area contributed by atoms with Gasteiger partial charge in [-0.1, -0.05) is 13.8 Å². The maximum atomic E-state index is 12.0. The van der Waals surface area contributed by atoms with E-state index in [0.29, 0.717) is 0 Å². The van der Waals surface area contributed by atoms with Crippen molar-refractivity contribution >= 4 is 13.7 Å². The summed E-state index contributed by atoms with van der Waals surface area (Å²) in [4.78, 5) is 20.9. The minimum absolute atomic E-state index is 0.0582. The van der Waals surface area contributed by atoms with Gasteiger partial charge in [0.25, 0.3) is 0 Å². The van der Waals surface area contributed by atoms with Gasteiger partial charge in [0.15, 0.2) is 6.29 Å². The zero-order valence-electron chi connectivity index (χ0n) is 13.1. The van der Waals surface area contributed by atoms with Crippen molar-refractivity contribution in [3.05, 3.63) is 0 Å². The lowest BCUT2D eigenvalue weighted by molar-refractivity contribution is -0.270. The number of aliphatic carboxylic acids is 1. The van der Waals surface area contributed by atoms with Gasteiger partial charge in [-0.2, -0.15) is 0 Å². The van der Waals surface area contributed by atoms with Crippen molar-refractivity contribution in [2.75, 3.05) is 0 Å². The van der Waals surface area contributed by atoms with E-state index in [1.165, 1.54) is 6.92 Å². The predicted octanol–water partition coefficient (Wildman–Crippen LogP) is -0.980. The molecular weight excluding hydrogens is 333 g/mol. The zero-order chi connectivity index (χ0) is 17.9. The Labute approximate surface area is 133 Å². The summed E-state index contributed by atoms with van der Waals surface area (Å²) >= 11 is 0. The second kappa shape index (κ2) is 8.00. The lowest BCUT2D eigenvalue weighted by Gasteiger charge is -2.39. The van der Waals surface area contributed by atoms with Crippen LogP contribution in [0, 0.1) is 5.92 Å². The van der Waals surface area contributed by atoms with Crippen LogP contribution in [0.15, 0.2) is 0 Å². The second-order valence-electron chi connectivity index (χ2n) is 5.96. The van der Waals surface area contributed by atoms with E-state index < -0.39 is 50.5 Å². The van der Waals surface area contributed by atoms with Crippen molar-refractivity contribution in [3.8, 4) is 0 Å². The first-order valence-corrected chi connectivity index (χ1v) is 8.73. The standard InChI is InChI=1S/C12H24NO9P/c1-5(2)4-7(11(17)18)13-23(19,20)22-12-10(16)9(15)8(14)6(3)21-12/h5-10,12,14-16H,4H2,1-3H3,(H,17,18)(H2,13,19,20)/t6-,7+,8-,9+,10+,12-/m1/s1. The normalized spacial score (nSPS) is 35.7. The summed E-state index contributed by atoms with van der Waals surface area (Å²) in [5.41, 5.74) is 0. The first kappa shape index (κ1) is 20.5. The van der Waals surface area contributed by atoms with E-state index >= 15 is 0 Å². The molecule has 1 aliphatic heterocycles. The summed E-state index contributed by atoms with van der Waals surface area (Å²) in [7, 11) is -4.65. The SMILES string of the molecule is CC(C)C[C@H](NP(=O)(O)O[C@H]1O[C@H](C)[C@@H](O)[C@H](O)[C@@H]1O)C(=O)O. The van der Waals surface area contributed by atoms with Crippen LogP contribution in [0.4, 0.5) is 0 Å². The van der Waals surface area contributed by atoms with Gasteiger partial charge in [-0.3, -0.25) is 9.32 Å². The highest BCUT2D eigenvalue weighted by atomic mass is 31.2. The van der Waals surface area contributed by atoms with Gasteiger partial charge in [0.2, 0.25) is 0 Å². The van der Waals surface area contributed by atoms with Crippen LogP contribution in [0.5, 0.6) is 0 Å². The van der Waals surface area contributed by atoms with E-state index in [1.54, 1.807) is 13.8 Å². The fourth-order valence-electron chi connectivity index (χ4n) is 2.15. The van der Waals surface area contributed by atoms with Crippen LogP contribution in [0.1, 0.15) is 27.2 Å². The van der Waals surface area contributed by atoms with Gasteiger partial charge in [0, 0.05) is 0 Å². The average Bonchev–Trinajstić information content (AvgIpc) is 2.40. The van der Waals surface area contributed by atoms with Gasteiger partial charge >= 0.3 is 13.7 Å². The quantitative estimate of drug-likeness (QED) is 0.312. The second-order valence-corrected chi connectivity index (χ2v) is 7.47. The molecule has 11 heteroatoms. The first-order chi connectivity index (χ1) is 10.4. The van der Waals surface area contributed by atoms with Crippen molar-refractivity contribution in [1.29, 1.82) is 0 Å². The number of hydrogen-bond acceptors (Lipinski definition) is 7. The van der Waals surface area contributed by atoms with Crippen LogP contribution in [-0.4, -0.2) is 68.0 Å². The molecule has 1 unspecified atom stereocenters. The average molecular weight is 357 g/mol. The molecule has 1 fully saturated rings. The molecule has 1 rings (SSSR count). The Kier molecular flexibility index (Phi) is 7.12. The Balaban J connectivity index is 2.76. The van der Waals surface area contributed by atoms with E-state index in [0.717, 1.165) is 0 Å². The summed E-state index contributed by atoms with van der Waals surface area (Å²) in [6, 6.07) is -1.33. The van der Waals surface area contributed by atoms with Crippen LogP contribution in [-0.2, 0) is 18.6 Å². The molecule has 7 atom stereocenters. The lowest BCUT2D eigenvalue weighted by Crippen LogP contribution is -2.57. The first-order valence-electron chi connectivity index (χ1n) is 7.16. The maximum Gasteiger partial charge on any atom is 0.406 e.